The molecule has 220 valence electrons. The van der Waals surface area contributed by atoms with E-state index in [-0.39, 0.29) is 5.41 Å². The summed E-state index contributed by atoms with van der Waals surface area (Å²) in [5.74, 6) is 1.60. The van der Waals surface area contributed by atoms with Crippen molar-refractivity contribution in [2.45, 2.75) is 25.4 Å². The van der Waals surface area contributed by atoms with Gasteiger partial charge in [0, 0.05) is 32.9 Å². The molecule has 0 amide bonds. The van der Waals surface area contributed by atoms with Gasteiger partial charge in [-0.1, -0.05) is 129 Å². The minimum absolute atomic E-state index is 0.0561. The lowest BCUT2D eigenvalue weighted by Gasteiger charge is -2.22. The smallest absolute Gasteiger partial charge is 0.170 e. The Bertz CT molecular complexity index is 2310. The van der Waals surface area contributed by atoms with Crippen molar-refractivity contribution in [1.29, 1.82) is 0 Å². The maximum absolute atomic E-state index is 6.43. The summed E-state index contributed by atoms with van der Waals surface area (Å²) in [5.41, 5.74) is 12.5. The molecule has 0 unspecified atom stereocenters. The molecule has 1 aliphatic heterocycles. The van der Waals surface area contributed by atoms with Crippen LogP contribution in [0.15, 0.2) is 154 Å². The van der Waals surface area contributed by atoms with Crippen LogP contribution in [0.25, 0.3) is 44.2 Å². The van der Waals surface area contributed by atoms with E-state index in [0.29, 0.717) is 0 Å². The molecule has 0 fully saturated rings. The molecule has 4 nitrogen and oxygen atoms in total. The molecule has 0 saturated heterocycles. The van der Waals surface area contributed by atoms with Gasteiger partial charge in [-0.15, -0.1) is 0 Å². The minimum Gasteiger partial charge on any atom is -0.456 e. The first kappa shape index (κ1) is 26.6. The summed E-state index contributed by atoms with van der Waals surface area (Å²) >= 11 is 0. The fourth-order valence-corrected chi connectivity index (χ4v) is 7.21. The van der Waals surface area contributed by atoms with Crippen molar-refractivity contribution in [2.24, 2.45) is 9.98 Å². The molecular weight excluding hydrogens is 562 g/mol. The number of fused-ring (bicyclic) bond motifs is 6. The molecule has 1 N–H and O–H groups in total. The number of hydrogen-bond donors (Lipinski definition) is 1. The highest BCUT2D eigenvalue weighted by molar-refractivity contribution is 6.16. The van der Waals surface area contributed by atoms with Gasteiger partial charge in [-0.2, -0.15) is 0 Å². The zero-order valence-corrected chi connectivity index (χ0v) is 25.7. The number of furan rings is 1. The van der Waals surface area contributed by atoms with Crippen molar-refractivity contribution in [3.8, 4) is 22.3 Å². The molecular formula is C42H31N3O. The average Bonchev–Trinajstić information content (AvgIpc) is 3.60. The van der Waals surface area contributed by atoms with Crippen LogP contribution in [0, 0.1) is 0 Å². The van der Waals surface area contributed by atoms with E-state index in [9.17, 15) is 0 Å². The topological polar surface area (TPSA) is 49.9 Å². The molecule has 2 heterocycles. The van der Waals surface area contributed by atoms with Gasteiger partial charge in [-0.25, -0.2) is 9.98 Å². The quantitative estimate of drug-likeness (QED) is 0.221. The molecule has 7 aromatic rings. The minimum atomic E-state index is -0.445. The second-order valence-corrected chi connectivity index (χ2v) is 12.7. The fourth-order valence-electron chi connectivity index (χ4n) is 7.21. The van der Waals surface area contributed by atoms with E-state index in [1.165, 1.54) is 27.8 Å². The maximum atomic E-state index is 6.43. The lowest BCUT2D eigenvalue weighted by Crippen LogP contribution is -2.36. The summed E-state index contributed by atoms with van der Waals surface area (Å²) in [6.45, 7) is 4.65. The van der Waals surface area contributed by atoms with E-state index in [1.54, 1.807) is 0 Å². The molecule has 0 radical (unpaired) electrons. The van der Waals surface area contributed by atoms with Gasteiger partial charge in [-0.05, 0) is 57.6 Å². The highest BCUT2D eigenvalue weighted by Crippen LogP contribution is 2.49. The second kappa shape index (κ2) is 10.1. The third-order valence-corrected chi connectivity index (χ3v) is 9.56. The molecule has 2 aliphatic rings. The Morgan fingerprint density at radius 1 is 0.543 bits per heavy atom. The molecule has 4 heteroatoms. The molecule has 0 bridgehead atoms. The van der Waals surface area contributed by atoms with Gasteiger partial charge >= 0.3 is 0 Å². The Labute approximate surface area is 267 Å². The predicted molar refractivity (Wildman–Crippen MR) is 189 cm³/mol. The van der Waals surface area contributed by atoms with Gasteiger partial charge in [-0.3, -0.25) is 0 Å². The largest absolute Gasteiger partial charge is 0.456 e. The Balaban J connectivity index is 1.20. The van der Waals surface area contributed by atoms with E-state index in [0.717, 1.165) is 55.9 Å². The standard InChI is InChI=1S/C42H31N3O/c1-42(2)34-18-10-9-16-30(34)31-22-20-29(25-35(31)42)28-21-23-36-33(24-28)38-32(17-11-19-37(38)46-36)41-44-39(26-12-5-3-6-13-26)43-40(45-41)27-14-7-4-8-15-27/h3-25,41H,1-2H3,(H,43,44,45). The molecule has 0 atom stereocenters. The number of benzene rings is 6. The predicted octanol–water partition coefficient (Wildman–Crippen LogP) is 10.1. The Morgan fingerprint density at radius 2 is 1.17 bits per heavy atom. The summed E-state index contributed by atoms with van der Waals surface area (Å²) in [6, 6.07) is 48.9. The summed E-state index contributed by atoms with van der Waals surface area (Å²) in [7, 11) is 0. The van der Waals surface area contributed by atoms with Gasteiger partial charge in [0.1, 0.15) is 22.8 Å². The molecule has 1 aliphatic carbocycles. The van der Waals surface area contributed by atoms with Crippen molar-refractivity contribution in [3.63, 3.8) is 0 Å². The zero-order chi connectivity index (χ0) is 30.8. The first-order valence-corrected chi connectivity index (χ1v) is 15.8. The number of hydrogen-bond acceptors (Lipinski definition) is 4. The lowest BCUT2D eigenvalue weighted by molar-refractivity contribution is 0.660. The summed E-state index contributed by atoms with van der Waals surface area (Å²) in [5, 5.41) is 5.62. The van der Waals surface area contributed by atoms with Crippen LogP contribution in [-0.4, -0.2) is 11.7 Å². The van der Waals surface area contributed by atoms with E-state index in [4.69, 9.17) is 14.4 Å². The van der Waals surface area contributed by atoms with Crippen LogP contribution in [0.1, 0.15) is 47.8 Å². The van der Waals surface area contributed by atoms with E-state index in [1.807, 2.05) is 48.5 Å². The van der Waals surface area contributed by atoms with Crippen molar-refractivity contribution in [2.75, 3.05) is 0 Å². The summed E-state index contributed by atoms with van der Waals surface area (Å²) in [6.07, 6.45) is -0.445. The summed E-state index contributed by atoms with van der Waals surface area (Å²) < 4.78 is 6.43. The van der Waals surface area contributed by atoms with Crippen LogP contribution in [0.2, 0.25) is 0 Å². The maximum Gasteiger partial charge on any atom is 0.170 e. The molecule has 0 spiro atoms. The van der Waals surface area contributed by atoms with Crippen LogP contribution in [0.3, 0.4) is 0 Å². The highest BCUT2D eigenvalue weighted by atomic mass is 16.3. The Hall–Kier alpha value is -5.74. The van der Waals surface area contributed by atoms with Crippen LogP contribution in [0.5, 0.6) is 0 Å². The molecule has 6 aromatic carbocycles. The molecule has 46 heavy (non-hydrogen) atoms. The van der Waals surface area contributed by atoms with Crippen LogP contribution < -0.4 is 5.32 Å². The second-order valence-electron chi connectivity index (χ2n) is 12.7. The van der Waals surface area contributed by atoms with E-state index >= 15 is 0 Å². The highest BCUT2D eigenvalue weighted by Gasteiger charge is 2.35. The monoisotopic (exact) mass is 593 g/mol. The number of rotatable bonds is 4. The summed E-state index contributed by atoms with van der Waals surface area (Å²) in [4.78, 5) is 10.3. The number of aliphatic imine (C=N–C) groups is 2. The Kier molecular flexibility index (Phi) is 5.88. The normalized spacial score (nSPS) is 15.3. The molecule has 1 aromatic heterocycles. The van der Waals surface area contributed by atoms with Gasteiger partial charge < -0.3 is 9.73 Å². The van der Waals surface area contributed by atoms with E-state index < -0.39 is 6.17 Å². The van der Waals surface area contributed by atoms with Crippen molar-refractivity contribution in [3.05, 3.63) is 167 Å². The zero-order valence-electron chi connectivity index (χ0n) is 25.7. The third kappa shape index (κ3) is 4.14. The molecule has 9 rings (SSSR count). The SMILES string of the molecule is CC1(C)c2ccccc2-c2ccc(-c3ccc4oc5cccc(C6N=C(c7ccccc7)NC(c7ccccc7)=N6)c5c4c3)cc21. The van der Waals surface area contributed by atoms with Crippen LogP contribution in [0.4, 0.5) is 0 Å². The first-order chi connectivity index (χ1) is 22.5. The van der Waals surface area contributed by atoms with Gasteiger partial charge in [0.2, 0.25) is 0 Å². The average molecular weight is 594 g/mol. The van der Waals surface area contributed by atoms with Crippen LogP contribution >= 0.6 is 0 Å². The lowest BCUT2D eigenvalue weighted by atomic mass is 9.81. The number of nitrogens with one attached hydrogen (secondary N) is 1. The van der Waals surface area contributed by atoms with Crippen molar-refractivity contribution >= 4 is 33.6 Å². The van der Waals surface area contributed by atoms with Crippen molar-refractivity contribution in [1.82, 2.24) is 5.32 Å². The van der Waals surface area contributed by atoms with Gasteiger partial charge in [0.05, 0.1) is 0 Å². The Morgan fingerprint density at radius 3 is 1.91 bits per heavy atom. The van der Waals surface area contributed by atoms with E-state index in [2.05, 4.69) is 110 Å². The van der Waals surface area contributed by atoms with Gasteiger partial charge in [0.15, 0.2) is 6.17 Å². The van der Waals surface area contributed by atoms with Crippen LogP contribution in [-0.2, 0) is 5.41 Å². The molecule has 0 saturated carbocycles. The third-order valence-electron chi connectivity index (χ3n) is 9.56. The number of amidine groups is 2. The van der Waals surface area contributed by atoms with Crippen molar-refractivity contribution < 1.29 is 4.42 Å². The fraction of sp³-hybridized carbons (Fsp3) is 0.0952. The first-order valence-electron chi connectivity index (χ1n) is 15.8. The number of nitrogens with zero attached hydrogens (tertiary/aromatic N) is 2. The van der Waals surface area contributed by atoms with Gasteiger partial charge in [0.25, 0.3) is 0 Å².